The fourth-order valence-electron chi connectivity index (χ4n) is 3.85. The molecule has 0 bridgehead atoms. The SMILES string of the molecule is O=C(O)c1cccc(S(=O)(=O)CN2C(=O)C(Cc3ccccc3)N(Cc3ccccc3)S2(=O)=O)c1. The summed E-state index contributed by atoms with van der Waals surface area (Å²) in [6.45, 7) is -0.114. The molecule has 1 aliphatic heterocycles. The maximum atomic E-state index is 13.5. The van der Waals surface area contributed by atoms with Gasteiger partial charge in [-0.25, -0.2) is 17.5 Å². The Kier molecular flexibility index (Phi) is 6.75. The van der Waals surface area contributed by atoms with Gasteiger partial charge in [-0.1, -0.05) is 66.7 Å². The molecule has 11 heteroatoms. The quantitative estimate of drug-likeness (QED) is 0.488. The lowest BCUT2D eigenvalue weighted by Crippen LogP contribution is -2.37. The Morgan fingerprint density at radius 1 is 0.886 bits per heavy atom. The number of aromatic carboxylic acids is 1. The van der Waals surface area contributed by atoms with Crippen molar-refractivity contribution in [3.8, 4) is 0 Å². The standard InChI is InChI=1S/C24H22N2O7S2/c27-23-22(14-18-8-3-1-4-9-18)25(16-19-10-5-2-6-11-19)35(32,33)26(23)17-34(30,31)21-13-7-12-20(15-21)24(28)29/h1-13,15,22H,14,16-17H2,(H,28,29). The highest BCUT2D eigenvalue weighted by Gasteiger charge is 2.51. The smallest absolute Gasteiger partial charge is 0.335 e. The highest BCUT2D eigenvalue weighted by atomic mass is 32.2. The number of rotatable bonds is 8. The van der Waals surface area contributed by atoms with E-state index in [-0.39, 0.29) is 23.4 Å². The summed E-state index contributed by atoms with van der Waals surface area (Å²) in [5, 5.41) is 9.17. The Hall–Kier alpha value is -3.54. The van der Waals surface area contributed by atoms with Gasteiger partial charge in [0, 0.05) is 6.54 Å². The Labute approximate surface area is 203 Å². The van der Waals surface area contributed by atoms with Crippen LogP contribution in [-0.4, -0.2) is 54.3 Å². The highest BCUT2D eigenvalue weighted by Crippen LogP contribution is 2.30. The van der Waals surface area contributed by atoms with Crippen molar-refractivity contribution < 1.29 is 31.5 Å². The predicted molar refractivity (Wildman–Crippen MR) is 127 cm³/mol. The van der Waals surface area contributed by atoms with Crippen molar-refractivity contribution in [1.29, 1.82) is 0 Å². The van der Waals surface area contributed by atoms with Crippen LogP contribution in [-0.2, 0) is 37.8 Å². The van der Waals surface area contributed by atoms with E-state index in [1.165, 1.54) is 12.1 Å². The minimum Gasteiger partial charge on any atom is -0.478 e. The number of carbonyl (C=O) groups is 2. The molecule has 3 aromatic rings. The summed E-state index contributed by atoms with van der Waals surface area (Å²) in [5.41, 5.74) is 1.09. The van der Waals surface area contributed by atoms with Crippen molar-refractivity contribution in [3.05, 3.63) is 102 Å². The van der Waals surface area contributed by atoms with Crippen LogP contribution < -0.4 is 0 Å². The molecule has 4 rings (SSSR count). The molecule has 1 heterocycles. The molecule has 1 fully saturated rings. The van der Waals surface area contributed by atoms with E-state index in [0.29, 0.717) is 9.87 Å². The molecule has 0 radical (unpaired) electrons. The molecule has 1 aliphatic rings. The van der Waals surface area contributed by atoms with Gasteiger partial charge in [-0.15, -0.1) is 0 Å². The minimum atomic E-state index is -4.49. The van der Waals surface area contributed by atoms with E-state index in [1.54, 1.807) is 60.7 Å². The molecular formula is C24H22N2O7S2. The summed E-state index contributed by atoms with van der Waals surface area (Å²) in [6.07, 6.45) is 0.0663. The van der Waals surface area contributed by atoms with E-state index < -0.39 is 43.8 Å². The fraction of sp³-hybridized carbons (Fsp3) is 0.167. The number of carbonyl (C=O) groups excluding carboxylic acids is 1. The molecule has 0 aliphatic carbocycles. The monoisotopic (exact) mass is 514 g/mol. The zero-order chi connectivity index (χ0) is 25.2. The largest absolute Gasteiger partial charge is 0.478 e. The molecule has 182 valence electrons. The van der Waals surface area contributed by atoms with E-state index in [9.17, 15) is 31.5 Å². The minimum absolute atomic E-state index is 0.0663. The van der Waals surface area contributed by atoms with E-state index in [4.69, 9.17) is 0 Å². The van der Waals surface area contributed by atoms with Crippen molar-refractivity contribution in [2.24, 2.45) is 0 Å². The summed E-state index contributed by atoms with van der Waals surface area (Å²) in [5.74, 6) is -3.32. The summed E-state index contributed by atoms with van der Waals surface area (Å²) in [7, 11) is -8.85. The zero-order valence-corrected chi connectivity index (χ0v) is 20.0. The molecule has 1 N–H and O–H groups in total. The van der Waals surface area contributed by atoms with Gasteiger partial charge in [-0.2, -0.15) is 12.7 Å². The second kappa shape index (κ2) is 9.61. The average molecular weight is 515 g/mol. The lowest BCUT2D eigenvalue weighted by molar-refractivity contribution is -0.127. The number of sulfone groups is 1. The molecule has 3 aromatic carbocycles. The molecule has 0 spiro atoms. The van der Waals surface area contributed by atoms with Crippen LogP contribution in [0.4, 0.5) is 0 Å². The van der Waals surface area contributed by atoms with Crippen LogP contribution in [0.15, 0.2) is 89.8 Å². The normalized spacial score (nSPS) is 18.0. The molecular weight excluding hydrogens is 492 g/mol. The van der Waals surface area contributed by atoms with Gasteiger partial charge in [0.1, 0.15) is 11.9 Å². The third-order valence-corrected chi connectivity index (χ3v) is 9.21. The third kappa shape index (κ3) is 5.11. The molecule has 1 unspecified atom stereocenters. The van der Waals surface area contributed by atoms with Gasteiger partial charge in [0.25, 0.3) is 5.91 Å². The van der Waals surface area contributed by atoms with Crippen LogP contribution in [0.2, 0.25) is 0 Å². The number of hydrogen-bond acceptors (Lipinski definition) is 6. The first-order valence-corrected chi connectivity index (χ1v) is 13.6. The number of benzene rings is 3. The van der Waals surface area contributed by atoms with Crippen LogP contribution in [0, 0.1) is 0 Å². The van der Waals surface area contributed by atoms with Crippen molar-refractivity contribution >= 4 is 31.9 Å². The van der Waals surface area contributed by atoms with E-state index in [1.807, 2.05) is 0 Å². The number of nitrogens with zero attached hydrogens (tertiary/aromatic N) is 2. The maximum Gasteiger partial charge on any atom is 0.335 e. The van der Waals surface area contributed by atoms with Gasteiger partial charge in [-0.3, -0.25) is 4.79 Å². The van der Waals surface area contributed by atoms with Crippen molar-refractivity contribution in [1.82, 2.24) is 8.61 Å². The Morgan fingerprint density at radius 3 is 2.09 bits per heavy atom. The van der Waals surface area contributed by atoms with E-state index in [0.717, 1.165) is 22.0 Å². The second-order valence-electron chi connectivity index (χ2n) is 8.01. The summed E-state index contributed by atoms with van der Waals surface area (Å²) in [6, 6.07) is 21.0. The van der Waals surface area contributed by atoms with E-state index >= 15 is 0 Å². The summed E-state index contributed by atoms with van der Waals surface area (Å²) < 4.78 is 54.4. The third-order valence-electron chi connectivity index (χ3n) is 5.63. The van der Waals surface area contributed by atoms with Gasteiger partial charge >= 0.3 is 16.2 Å². The molecule has 1 amide bonds. The molecule has 9 nitrogen and oxygen atoms in total. The van der Waals surface area contributed by atoms with Gasteiger partial charge in [0.2, 0.25) is 0 Å². The van der Waals surface area contributed by atoms with Gasteiger partial charge in [0.15, 0.2) is 9.84 Å². The first-order valence-electron chi connectivity index (χ1n) is 10.6. The maximum absolute atomic E-state index is 13.5. The van der Waals surface area contributed by atoms with Crippen LogP contribution in [0.5, 0.6) is 0 Å². The number of carboxylic acids is 1. The summed E-state index contributed by atoms with van der Waals surface area (Å²) >= 11 is 0. The van der Waals surface area contributed by atoms with Crippen LogP contribution in [0.25, 0.3) is 0 Å². The van der Waals surface area contributed by atoms with Crippen molar-refractivity contribution in [2.45, 2.75) is 23.9 Å². The number of carboxylic acid groups (broad SMARTS) is 1. The molecule has 0 aromatic heterocycles. The number of amides is 1. The fourth-order valence-corrected chi connectivity index (χ4v) is 7.38. The Morgan fingerprint density at radius 2 is 1.49 bits per heavy atom. The number of hydrogen-bond donors (Lipinski definition) is 1. The van der Waals surface area contributed by atoms with E-state index in [2.05, 4.69) is 0 Å². The average Bonchev–Trinajstić information content (AvgIpc) is 3.00. The van der Waals surface area contributed by atoms with Gasteiger partial charge in [-0.05, 0) is 35.7 Å². The van der Waals surface area contributed by atoms with Crippen LogP contribution in [0.1, 0.15) is 21.5 Å². The molecule has 35 heavy (non-hydrogen) atoms. The molecule has 1 atom stereocenters. The summed E-state index contributed by atoms with van der Waals surface area (Å²) in [4.78, 5) is 24.2. The topological polar surface area (TPSA) is 129 Å². The lowest BCUT2D eigenvalue weighted by Gasteiger charge is -2.21. The first kappa shape index (κ1) is 24.6. The predicted octanol–water partition coefficient (Wildman–Crippen LogP) is 2.32. The lowest BCUT2D eigenvalue weighted by atomic mass is 10.0. The van der Waals surface area contributed by atoms with Crippen molar-refractivity contribution in [2.75, 3.05) is 5.88 Å². The Balaban J connectivity index is 1.71. The van der Waals surface area contributed by atoms with Crippen LogP contribution >= 0.6 is 0 Å². The van der Waals surface area contributed by atoms with Crippen LogP contribution in [0.3, 0.4) is 0 Å². The first-order chi connectivity index (χ1) is 16.6. The van der Waals surface area contributed by atoms with Crippen molar-refractivity contribution in [3.63, 3.8) is 0 Å². The molecule has 0 saturated carbocycles. The zero-order valence-electron chi connectivity index (χ0n) is 18.4. The Bertz CT molecular complexity index is 1460. The molecule has 1 saturated heterocycles. The highest BCUT2D eigenvalue weighted by molar-refractivity contribution is 7.93. The van der Waals surface area contributed by atoms with Gasteiger partial charge in [0.05, 0.1) is 10.5 Å². The second-order valence-corrected chi connectivity index (χ2v) is 11.8. The van der Waals surface area contributed by atoms with Gasteiger partial charge < -0.3 is 5.11 Å².